The van der Waals surface area contributed by atoms with Gasteiger partial charge in [-0.05, 0) is 0 Å². The molecular weight excluding hydrogens is 247 g/mol. The fourth-order valence-corrected chi connectivity index (χ4v) is 1.73. The molecule has 5 atom stereocenters. The van der Waals surface area contributed by atoms with Crippen molar-refractivity contribution in [1.29, 1.82) is 0 Å². The first-order valence-electron chi connectivity index (χ1n) is 4.30. The van der Waals surface area contributed by atoms with Crippen molar-refractivity contribution >= 4 is 7.82 Å². The van der Waals surface area contributed by atoms with Crippen LogP contribution >= 0.6 is 7.82 Å². The Kier molecular flexibility index (Phi) is 4.41. The highest BCUT2D eigenvalue weighted by Crippen LogP contribution is 2.40. The fraction of sp³-hybridized carbons (Fsp3) is 1.00. The highest BCUT2D eigenvalue weighted by Gasteiger charge is 2.46. The van der Waals surface area contributed by atoms with Crippen LogP contribution in [0.3, 0.4) is 0 Å². The maximum absolute atomic E-state index is 10.5. The molecule has 1 saturated heterocycles. The number of rotatable bonds is 3. The van der Waals surface area contributed by atoms with Gasteiger partial charge in [-0.15, -0.1) is 0 Å². The van der Waals surface area contributed by atoms with Gasteiger partial charge in [0.15, 0.2) is 6.29 Å². The molecule has 1 aliphatic heterocycles. The van der Waals surface area contributed by atoms with E-state index in [-0.39, 0.29) is 0 Å². The molecule has 0 spiro atoms. The van der Waals surface area contributed by atoms with Crippen molar-refractivity contribution in [3.63, 3.8) is 0 Å². The van der Waals surface area contributed by atoms with Gasteiger partial charge in [0, 0.05) is 0 Å². The monoisotopic (exact) mass is 260 g/mol. The predicted octanol–water partition coefficient (Wildman–Crippen LogP) is -3.10. The summed E-state index contributed by atoms with van der Waals surface area (Å²) in [4.78, 5) is 17.0. The molecule has 0 saturated carbocycles. The number of aliphatic hydroxyl groups excluding tert-OH is 4. The minimum Gasteiger partial charge on any atom is -0.394 e. The number of aliphatic hydroxyl groups is 4. The Balaban J connectivity index is 2.75. The summed E-state index contributed by atoms with van der Waals surface area (Å²) in [5.74, 6) is 0. The molecule has 0 aliphatic carbocycles. The van der Waals surface area contributed by atoms with Crippen LogP contribution in [0.2, 0.25) is 0 Å². The van der Waals surface area contributed by atoms with Crippen molar-refractivity contribution in [1.82, 2.24) is 0 Å². The Morgan fingerprint density at radius 1 is 1.12 bits per heavy atom. The van der Waals surface area contributed by atoms with E-state index in [1.54, 1.807) is 0 Å². The zero-order valence-corrected chi connectivity index (χ0v) is 8.84. The molecular formula is C6H13O9P. The van der Waals surface area contributed by atoms with Gasteiger partial charge in [-0.25, -0.2) is 4.57 Å². The third-order valence-electron chi connectivity index (χ3n) is 2.09. The first kappa shape index (κ1) is 14.0. The van der Waals surface area contributed by atoms with Crippen LogP contribution in [0.15, 0.2) is 0 Å². The van der Waals surface area contributed by atoms with E-state index in [4.69, 9.17) is 14.9 Å². The maximum atomic E-state index is 10.5. The fourth-order valence-electron chi connectivity index (χ4n) is 1.29. The molecule has 0 aromatic rings. The Hall–Kier alpha value is -0.0900. The van der Waals surface area contributed by atoms with Crippen LogP contribution in [-0.4, -0.2) is 67.5 Å². The van der Waals surface area contributed by atoms with Gasteiger partial charge < -0.3 is 34.9 Å². The lowest BCUT2D eigenvalue weighted by atomic mass is 10.00. The highest BCUT2D eigenvalue weighted by atomic mass is 31.2. The van der Waals surface area contributed by atoms with E-state index in [0.717, 1.165) is 0 Å². The van der Waals surface area contributed by atoms with E-state index in [1.165, 1.54) is 0 Å². The van der Waals surface area contributed by atoms with E-state index in [0.29, 0.717) is 0 Å². The van der Waals surface area contributed by atoms with Gasteiger partial charge >= 0.3 is 7.82 Å². The first-order valence-corrected chi connectivity index (χ1v) is 5.83. The zero-order chi connectivity index (χ0) is 12.5. The normalized spacial score (nSPS) is 41.0. The van der Waals surface area contributed by atoms with E-state index >= 15 is 0 Å². The standard InChI is InChI=1S/C6H13O9P/c7-1-2-3(8)4(9)5(10)6(14-2)15-16(11,12)13/h2-10H,1H2,(H2,11,12,13)/t2-,3+,4+,5-,6?/m0/s1. The van der Waals surface area contributed by atoms with E-state index in [1.807, 2.05) is 0 Å². The van der Waals surface area contributed by atoms with Crippen LogP contribution in [0, 0.1) is 0 Å². The summed E-state index contributed by atoms with van der Waals surface area (Å²) in [5, 5.41) is 36.6. The molecule has 0 aromatic heterocycles. The van der Waals surface area contributed by atoms with Gasteiger partial charge in [0.2, 0.25) is 0 Å². The topological polar surface area (TPSA) is 157 Å². The van der Waals surface area contributed by atoms with Crippen LogP contribution in [0.25, 0.3) is 0 Å². The molecule has 0 aromatic carbocycles. The minimum absolute atomic E-state index is 0.702. The van der Waals surface area contributed by atoms with E-state index in [2.05, 4.69) is 9.26 Å². The molecule has 1 heterocycles. The summed E-state index contributed by atoms with van der Waals surface area (Å²) in [7, 11) is -4.91. The van der Waals surface area contributed by atoms with Crippen LogP contribution < -0.4 is 0 Å². The number of hydrogen-bond donors (Lipinski definition) is 6. The second kappa shape index (κ2) is 5.05. The third kappa shape index (κ3) is 3.20. The molecule has 16 heavy (non-hydrogen) atoms. The molecule has 0 bridgehead atoms. The van der Waals surface area contributed by atoms with Gasteiger partial charge in [-0.3, -0.25) is 4.52 Å². The Bertz CT molecular complexity index is 275. The summed E-state index contributed by atoms with van der Waals surface area (Å²) >= 11 is 0. The molecule has 1 fully saturated rings. The number of phosphoric ester groups is 1. The van der Waals surface area contributed by atoms with Gasteiger partial charge in [0.25, 0.3) is 0 Å². The molecule has 10 heteroatoms. The number of hydrogen-bond acceptors (Lipinski definition) is 7. The summed E-state index contributed by atoms with van der Waals surface area (Å²) in [6, 6.07) is 0. The zero-order valence-electron chi connectivity index (χ0n) is 7.95. The summed E-state index contributed by atoms with van der Waals surface area (Å²) in [6.07, 6.45) is -8.25. The lowest BCUT2D eigenvalue weighted by Gasteiger charge is -2.39. The molecule has 9 nitrogen and oxygen atoms in total. The van der Waals surface area contributed by atoms with Crippen molar-refractivity contribution in [2.24, 2.45) is 0 Å². The molecule has 0 amide bonds. The SMILES string of the molecule is O=P(O)(O)OC1O[C@@H](CO)[C@@H](O)[C@@H](O)[C@@H]1O. The Morgan fingerprint density at radius 3 is 2.12 bits per heavy atom. The molecule has 1 rings (SSSR count). The summed E-state index contributed by atoms with van der Waals surface area (Å²) < 4.78 is 19.2. The smallest absolute Gasteiger partial charge is 0.394 e. The van der Waals surface area contributed by atoms with Crippen molar-refractivity contribution in [2.45, 2.75) is 30.7 Å². The first-order chi connectivity index (χ1) is 7.26. The largest absolute Gasteiger partial charge is 0.472 e. The average molecular weight is 260 g/mol. The van der Waals surface area contributed by atoms with Crippen LogP contribution in [0.1, 0.15) is 0 Å². The molecule has 1 unspecified atom stereocenters. The maximum Gasteiger partial charge on any atom is 0.472 e. The lowest BCUT2D eigenvalue weighted by molar-refractivity contribution is -0.280. The van der Waals surface area contributed by atoms with E-state index in [9.17, 15) is 19.9 Å². The molecule has 6 N–H and O–H groups in total. The number of ether oxygens (including phenoxy) is 1. The van der Waals surface area contributed by atoms with Crippen LogP contribution in [0.5, 0.6) is 0 Å². The van der Waals surface area contributed by atoms with Gasteiger partial charge in [0.1, 0.15) is 24.4 Å². The van der Waals surface area contributed by atoms with Crippen molar-refractivity contribution < 1.29 is 44.0 Å². The number of phosphoric acid groups is 1. The van der Waals surface area contributed by atoms with Gasteiger partial charge in [0.05, 0.1) is 6.61 Å². The highest BCUT2D eigenvalue weighted by molar-refractivity contribution is 7.46. The molecule has 0 radical (unpaired) electrons. The van der Waals surface area contributed by atoms with Crippen molar-refractivity contribution in [2.75, 3.05) is 6.61 Å². The minimum atomic E-state index is -4.91. The quantitative estimate of drug-likeness (QED) is 0.289. The van der Waals surface area contributed by atoms with Crippen molar-refractivity contribution in [3.05, 3.63) is 0 Å². The van der Waals surface area contributed by atoms with Gasteiger partial charge in [-0.2, -0.15) is 0 Å². The second-order valence-corrected chi connectivity index (χ2v) is 4.49. The molecule has 96 valence electrons. The van der Waals surface area contributed by atoms with Gasteiger partial charge in [-0.1, -0.05) is 0 Å². The second-order valence-electron chi connectivity index (χ2n) is 3.29. The van der Waals surface area contributed by atoms with E-state index < -0.39 is 45.1 Å². The molecule has 1 aliphatic rings. The van der Waals surface area contributed by atoms with Crippen molar-refractivity contribution in [3.8, 4) is 0 Å². The Morgan fingerprint density at radius 2 is 1.69 bits per heavy atom. The third-order valence-corrected chi connectivity index (χ3v) is 2.57. The van der Waals surface area contributed by atoms with Crippen LogP contribution in [0.4, 0.5) is 0 Å². The summed E-state index contributed by atoms with van der Waals surface area (Å²) in [6.45, 7) is -0.702. The summed E-state index contributed by atoms with van der Waals surface area (Å²) in [5.41, 5.74) is 0. The predicted molar refractivity (Wildman–Crippen MR) is 46.9 cm³/mol. The lowest BCUT2D eigenvalue weighted by Crippen LogP contribution is -2.58. The van der Waals surface area contributed by atoms with Crippen LogP contribution in [-0.2, 0) is 13.8 Å². The average Bonchev–Trinajstić information content (AvgIpc) is 2.17. The Labute approximate surface area is 90.1 Å².